The number of benzene rings is 1. The Morgan fingerprint density at radius 3 is 2.50 bits per heavy atom. The molecule has 0 saturated carbocycles. The molecule has 0 radical (unpaired) electrons. The Kier molecular flexibility index (Phi) is 4.06. The highest BCUT2D eigenvalue weighted by Crippen LogP contribution is 2.17. The summed E-state index contributed by atoms with van der Waals surface area (Å²) in [6.07, 6.45) is 1.13. The van der Waals surface area contributed by atoms with Crippen molar-refractivity contribution in [3.05, 3.63) is 29.8 Å². The van der Waals surface area contributed by atoms with Gasteiger partial charge in [0.1, 0.15) is 11.5 Å². The summed E-state index contributed by atoms with van der Waals surface area (Å²) >= 11 is 0. The topological polar surface area (TPSA) is 60.4 Å². The molecular formula is C11H14O4S. The zero-order valence-corrected chi connectivity index (χ0v) is 10.1. The zero-order valence-electron chi connectivity index (χ0n) is 9.26. The molecule has 0 atom stereocenters. The molecular weight excluding hydrogens is 228 g/mol. The Bertz CT molecular complexity index is 477. The molecule has 0 amide bonds. The van der Waals surface area contributed by atoms with Crippen LogP contribution >= 0.6 is 0 Å². The van der Waals surface area contributed by atoms with Gasteiger partial charge in [-0.3, -0.25) is 4.79 Å². The molecule has 0 aliphatic carbocycles. The van der Waals surface area contributed by atoms with Crippen molar-refractivity contribution >= 4 is 15.6 Å². The molecule has 16 heavy (non-hydrogen) atoms. The third kappa shape index (κ3) is 4.02. The van der Waals surface area contributed by atoms with Gasteiger partial charge in [0.15, 0.2) is 15.6 Å². The Morgan fingerprint density at radius 2 is 1.94 bits per heavy atom. The monoisotopic (exact) mass is 242 g/mol. The molecule has 0 aliphatic rings. The summed E-state index contributed by atoms with van der Waals surface area (Å²) in [5, 5.41) is 0. The standard InChI is InChI=1S/C11H14O4S/c1-15-11-6-4-3-5-9(11)7-10(12)8-16(2,13)14/h3-6H,7-8H2,1-2H3. The molecule has 1 aromatic rings. The van der Waals surface area contributed by atoms with Gasteiger partial charge >= 0.3 is 0 Å². The Hall–Kier alpha value is -1.36. The average molecular weight is 242 g/mol. The van der Waals surface area contributed by atoms with Crippen LogP contribution in [0.1, 0.15) is 5.56 Å². The first kappa shape index (κ1) is 12.7. The zero-order chi connectivity index (χ0) is 12.2. The van der Waals surface area contributed by atoms with Crippen molar-refractivity contribution in [1.82, 2.24) is 0 Å². The first-order valence-electron chi connectivity index (χ1n) is 4.73. The fraction of sp³-hybridized carbons (Fsp3) is 0.364. The molecule has 0 bridgehead atoms. The number of ether oxygens (including phenoxy) is 1. The van der Waals surface area contributed by atoms with E-state index in [1.54, 1.807) is 24.3 Å². The first-order valence-corrected chi connectivity index (χ1v) is 6.80. The van der Waals surface area contributed by atoms with E-state index in [0.29, 0.717) is 11.3 Å². The molecule has 88 valence electrons. The van der Waals surface area contributed by atoms with Gasteiger partial charge in [0.2, 0.25) is 0 Å². The van der Waals surface area contributed by atoms with Crippen molar-refractivity contribution in [2.75, 3.05) is 19.1 Å². The summed E-state index contributed by atoms with van der Waals surface area (Å²) in [7, 11) is -1.74. The molecule has 0 saturated heterocycles. The number of para-hydroxylation sites is 1. The van der Waals surface area contributed by atoms with Crippen molar-refractivity contribution in [3.8, 4) is 5.75 Å². The van der Waals surface area contributed by atoms with E-state index in [1.807, 2.05) is 0 Å². The van der Waals surface area contributed by atoms with Crippen LogP contribution in [0.2, 0.25) is 0 Å². The number of methoxy groups -OCH3 is 1. The fourth-order valence-electron chi connectivity index (χ4n) is 1.40. The maximum atomic E-state index is 11.5. The number of carbonyl (C=O) groups excluding carboxylic acids is 1. The van der Waals surface area contributed by atoms with Crippen molar-refractivity contribution in [3.63, 3.8) is 0 Å². The van der Waals surface area contributed by atoms with Crippen molar-refractivity contribution in [2.45, 2.75) is 6.42 Å². The van der Waals surface area contributed by atoms with Gasteiger partial charge in [-0.15, -0.1) is 0 Å². The third-order valence-corrected chi connectivity index (χ3v) is 2.85. The Morgan fingerprint density at radius 1 is 1.31 bits per heavy atom. The summed E-state index contributed by atoms with van der Waals surface area (Å²) in [5.74, 6) is -0.151. The van der Waals surface area contributed by atoms with Gasteiger partial charge < -0.3 is 4.74 Å². The predicted octanol–water partition coefficient (Wildman–Crippen LogP) is 0.851. The summed E-state index contributed by atoms with van der Waals surface area (Å²) in [6.45, 7) is 0. The van der Waals surface area contributed by atoms with Gasteiger partial charge in [-0.25, -0.2) is 8.42 Å². The van der Waals surface area contributed by atoms with E-state index in [9.17, 15) is 13.2 Å². The number of sulfone groups is 1. The minimum atomic E-state index is -3.25. The van der Waals surface area contributed by atoms with Crippen LogP contribution in [0.25, 0.3) is 0 Å². The molecule has 0 aliphatic heterocycles. The number of Topliss-reactive ketones (excluding diaryl/α,β-unsaturated/α-hetero) is 1. The SMILES string of the molecule is COc1ccccc1CC(=O)CS(C)(=O)=O. The predicted molar refractivity (Wildman–Crippen MR) is 61.4 cm³/mol. The van der Waals surface area contributed by atoms with Crippen LogP contribution in [0, 0.1) is 0 Å². The lowest BCUT2D eigenvalue weighted by Crippen LogP contribution is -2.16. The third-order valence-electron chi connectivity index (χ3n) is 2.00. The maximum Gasteiger partial charge on any atom is 0.154 e. The number of hydrogen-bond acceptors (Lipinski definition) is 4. The van der Waals surface area contributed by atoms with E-state index < -0.39 is 15.6 Å². The van der Waals surface area contributed by atoms with Crippen LogP contribution in [-0.4, -0.2) is 33.3 Å². The van der Waals surface area contributed by atoms with Crippen LogP contribution in [0.5, 0.6) is 5.75 Å². The van der Waals surface area contributed by atoms with Gasteiger partial charge in [-0.2, -0.15) is 0 Å². The lowest BCUT2D eigenvalue weighted by molar-refractivity contribution is -0.116. The van der Waals surface area contributed by atoms with Crippen LogP contribution < -0.4 is 4.74 Å². The van der Waals surface area contributed by atoms with Crippen LogP contribution in [0.4, 0.5) is 0 Å². The lowest BCUT2D eigenvalue weighted by Gasteiger charge is -2.06. The highest BCUT2D eigenvalue weighted by atomic mass is 32.2. The largest absolute Gasteiger partial charge is 0.496 e. The van der Waals surface area contributed by atoms with Gasteiger partial charge in [-0.05, 0) is 6.07 Å². The molecule has 1 rings (SSSR count). The van der Waals surface area contributed by atoms with Crippen LogP contribution in [0.15, 0.2) is 24.3 Å². The highest BCUT2D eigenvalue weighted by molar-refractivity contribution is 7.91. The van der Waals surface area contributed by atoms with Crippen LogP contribution in [0.3, 0.4) is 0 Å². The summed E-state index contributed by atoms with van der Waals surface area (Å²) in [6, 6.07) is 7.07. The molecule has 0 spiro atoms. The normalized spacial score (nSPS) is 11.1. The quantitative estimate of drug-likeness (QED) is 0.768. The number of carbonyl (C=O) groups is 1. The second kappa shape index (κ2) is 5.12. The molecule has 0 unspecified atom stereocenters. The maximum absolute atomic E-state index is 11.5. The molecule has 1 aromatic carbocycles. The smallest absolute Gasteiger partial charge is 0.154 e. The first-order chi connectivity index (χ1) is 7.42. The van der Waals surface area contributed by atoms with Crippen molar-refractivity contribution in [1.29, 1.82) is 0 Å². The fourth-order valence-corrected chi connectivity index (χ4v) is 2.09. The summed E-state index contributed by atoms with van der Waals surface area (Å²) < 4.78 is 26.9. The minimum Gasteiger partial charge on any atom is -0.496 e. The van der Waals surface area contributed by atoms with Gasteiger partial charge in [0.25, 0.3) is 0 Å². The number of hydrogen-bond donors (Lipinski definition) is 0. The minimum absolute atomic E-state index is 0.0804. The molecule has 4 nitrogen and oxygen atoms in total. The van der Waals surface area contributed by atoms with E-state index in [1.165, 1.54) is 7.11 Å². The van der Waals surface area contributed by atoms with Crippen molar-refractivity contribution in [2.24, 2.45) is 0 Å². The van der Waals surface area contributed by atoms with Gasteiger partial charge in [0.05, 0.1) is 7.11 Å². The van der Waals surface area contributed by atoms with Gasteiger partial charge in [0, 0.05) is 18.2 Å². The molecule has 0 heterocycles. The second-order valence-electron chi connectivity index (χ2n) is 3.60. The summed E-state index contributed by atoms with van der Waals surface area (Å²) in [5.41, 5.74) is 0.707. The highest BCUT2D eigenvalue weighted by Gasteiger charge is 2.13. The Balaban J connectivity index is 2.77. The Labute approximate surface area is 95.2 Å². The van der Waals surface area contributed by atoms with E-state index in [4.69, 9.17) is 4.74 Å². The second-order valence-corrected chi connectivity index (χ2v) is 5.74. The molecule has 0 N–H and O–H groups in total. The van der Waals surface area contributed by atoms with E-state index in [0.717, 1.165) is 6.26 Å². The summed E-state index contributed by atoms with van der Waals surface area (Å²) in [4.78, 5) is 11.5. The average Bonchev–Trinajstić information content (AvgIpc) is 2.15. The van der Waals surface area contributed by atoms with E-state index in [-0.39, 0.29) is 12.2 Å². The molecule has 5 heteroatoms. The van der Waals surface area contributed by atoms with Gasteiger partial charge in [-0.1, -0.05) is 18.2 Å². The number of ketones is 1. The van der Waals surface area contributed by atoms with Crippen LogP contribution in [-0.2, 0) is 21.1 Å². The lowest BCUT2D eigenvalue weighted by atomic mass is 10.1. The van der Waals surface area contributed by atoms with E-state index >= 15 is 0 Å². The van der Waals surface area contributed by atoms with Crippen molar-refractivity contribution < 1.29 is 17.9 Å². The number of rotatable bonds is 5. The van der Waals surface area contributed by atoms with E-state index in [2.05, 4.69) is 0 Å². The molecule has 0 aromatic heterocycles. The molecule has 0 fully saturated rings.